The van der Waals surface area contributed by atoms with Gasteiger partial charge in [-0.3, -0.25) is 4.79 Å². The van der Waals surface area contributed by atoms with Crippen molar-refractivity contribution in [3.05, 3.63) is 75.8 Å². The molecule has 3 nitrogen and oxygen atoms in total. The first-order valence-corrected chi connectivity index (χ1v) is 8.14. The van der Waals surface area contributed by atoms with Gasteiger partial charge >= 0.3 is 0 Å². The number of carbonyl (C=O) groups excluding carboxylic acids is 1. The van der Waals surface area contributed by atoms with Crippen LogP contribution in [0, 0.1) is 3.57 Å². The number of aromatic nitrogens is 2. The average Bonchev–Trinajstić information content (AvgIpc) is 2.96. The molecule has 3 rings (SSSR count). The van der Waals surface area contributed by atoms with Gasteiger partial charge in [-0.15, -0.1) is 0 Å². The highest BCUT2D eigenvalue weighted by atomic mass is 127. The van der Waals surface area contributed by atoms with Gasteiger partial charge in [-0.05, 0) is 63.5 Å². The lowest BCUT2D eigenvalue weighted by molar-refractivity contribution is 0.108. The molecule has 0 aliphatic carbocycles. The summed E-state index contributed by atoms with van der Waals surface area (Å²) in [6.07, 6.45) is 3.64. The number of hydrogen-bond acceptors (Lipinski definition) is 2. The number of rotatable bonds is 4. The van der Waals surface area contributed by atoms with Crippen molar-refractivity contribution >= 4 is 39.4 Å². The normalized spacial score (nSPS) is 10.6. The largest absolute Gasteiger partial charge is 0.326 e. The van der Waals surface area contributed by atoms with Gasteiger partial charge in [0.1, 0.15) is 0 Å². The monoisotopic (exact) mass is 422 g/mol. The summed E-state index contributed by atoms with van der Waals surface area (Å²) in [7, 11) is 0. The summed E-state index contributed by atoms with van der Waals surface area (Å²) < 4.78 is 3.25. The summed E-state index contributed by atoms with van der Waals surface area (Å²) >= 11 is 7.82. The van der Waals surface area contributed by atoms with Gasteiger partial charge < -0.3 is 4.57 Å². The highest BCUT2D eigenvalue weighted by molar-refractivity contribution is 14.1. The maximum absolute atomic E-state index is 11.3. The van der Waals surface area contributed by atoms with E-state index in [0.29, 0.717) is 12.1 Å². The van der Waals surface area contributed by atoms with Crippen molar-refractivity contribution < 1.29 is 4.79 Å². The highest BCUT2D eigenvalue weighted by Gasteiger charge is 2.07. The smallest absolute Gasteiger partial charge is 0.252 e. The van der Waals surface area contributed by atoms with Crippen LogP contribution in [-0.4, -0.2) is 14.8 Å². The number of carbonyl (C=O) groups is 1. The van der Waals surface area contributed by atoms with Crippen LogP contribution < -0.4 is 0 Å². The van der Waals surface area contributed by atoms with Crippen molar-refractivity contribution in [1.29, 1.82) is 0 Å². The molecule has 0 saturated carbocycles. The minimum atomic E-state index is -0.440. The van der Waals surface area contributed by atoms with Gasteiger partial charge in [0.2, 0.25) is 0 Å². The molecule has 0 radical (unpaired) electrons. The summed E-state index contributed by atoms with van der Waals surface area (Å²) in [4.78, 5) is 15.5. The molecule has 110 valence electrons. The van der Waals surface area contributed by atoms with Crippen molar-refractivity contribution in [2.24, 2.45) is 0 Å². The Morgan fingerprint density at radius 1 is 1.18 bits per heavy atom. The van der Waals surface area contributed by atoms with Crippen LogP contribution in [0.5, 0.6) is 0 Å². The van der Waals surface area contributed by atoms with Crippen LogP contribution in [0.1, 0.15) is 15.9 Å². The number of nitrogens with zero attached hydrogens (tertiary/aromatic N) is 2. The van der Waals surface area contributed by atoms with Crippen LogP contribution >= 0.6 is 34.2 Å². The van der Waals surface area contributed by atoms with Crippen LogP contribution in [0.3, 0.4) is 0 Å². The quantitative estimate of drug-likeness (QED) is 0.456. The average molecular weight is 423 g/mol. The number of halogens is 2. The lowest BCUT2D eigenvalue weighted by Gasteiger charge is -2.09. The van der Waals surface area contributed by atoms with E-state index >= 15 is 0 Å². The summed E-state index contributed by atoms with van der Waals surface area (Å²) in [5.41, 5.74) is 3.67. The first kappa shape index (κ1) is 15.2. The molecular weight excluding hydrogens is 411 g/mol. The molecule has 5 heteroatoms. The molecule has 0 unspecified atom stereocenters. The molecule has 0 saturated heterocycles. The Bertz CT molecular complexity index is 812. The maximum Gasteiger partial charge on any atom is 0.252 e. The first-order valence-electron chi connectivity index (χ1n) is 6.68. The zero-order valence-corrected chi connectivity index (χ0v) is 14.5. The van der Waals surface area contributed by atoms with E-state index in [1.54, 1.807) is 12.4 Å². The third-order valence-electron chi connectivity index (χ3n) is 3.36. The van der Waals surface area contributed by atoms with E-state index in [1.807, 2.05) is 24.4 Å². The Kier molecular flexibility index (Phi) is 4.59. The number of hydrogen-bond donors (Lipinski definition) is 0. The van der Waals surface area contributed by atoms with E-state index in [9.17, 15) is 4.79 Å². The van der Waals surface area contributed by atoms with E-state index < -0.39 is 5.24 Å². The van der Waals surface area contributed by atoms with Crippen LogP contribution in [-0.2, 0) is 6.54 Å². The van der Waals surface area contributed by atoms with Crippen molar-refractivity contribution in [3.63, 3.8) is 0 Å². The Morgan fingerprint density at radius 2 is 1.95 bits per heavy atom. The molecular formula is C17H12ClIN2O. The zero-order chi connectivity index (χ0) is 15.5. The van der Waals surface area contributed by atoms with Crippen LogP contribution in [0.25, 0.3) is 11.3 Å². The second-order valence-electron chi connectivity index (χ2n) is 4.89. The Balaban J connectivity index is 1.91. The molecule has 3 aromatic rings. The van der Waals surface area contributed by atoms with Crippen LogP contribution in [0.2, 0.25) is 0 Å². The van der Waals surface area contributed by atoms with Crippen molar-refractivity contribution in [2.45, 2.75) is 6.54 Å². The molecule has 0 spiro atoms. The summed E-state index contributed by atoms with van der Waals surface area (Å²) in [6.45, 7) is 0.638. The predicted octanol–water partition coefficient (Wildman–Crippen LogP) is 4.58. The third-order valence-corrected chi connectivity index (χ3v) is 4.30. The second-order valence-corrected chi connectivity index (χ2v) is 6.48. The first-order chi connectivity index (χ1) is 10.6. The van der Waals surface area contributed by atoms with E-state index in [1.165, 1.54) is 3.57 Å². The van der Waals surface area contributed by atoms with Gasteiger partial charge in [0, 0.05) is 15.7 Å². The van der Waals surface area contributed by atoms with Crippen molar-refractivity contribution in [2.75, 3.05) is 0 Å². The number of imidazole rings is 1. The third kappa shape index (κ3) is 3.39. The Labute approximate surface area is 147 Å². The molecule has 1 heterocycles. The second kappa shape index (κ2) is 6.62. The lowest BCUT2D eigenvalue weighted by Crippen LogP contribution is -2.01. The SMILES string of the molecule is O=C(Cl)c1cccc(Cn2cncc2-c2ccc(I)cc2)c1. The summed E-state index contributed by atoms with van der Waals surface area (Å²) in [5, 5.41) is -0.440. The molecule has 0 N–H and O–H groups in total. The molecule has 0 amide bonds. The van der Waals surface area contributed by atoms with Crippen LogP contribution in [0.15, 0.2) is 61.1 Å². The fourth-order valence-corrected chi connectivity index (χ4v) is 2.77. The van der Waals surface area contributed by atoms with E-state index in [2.05, 4.69) is 56.4 Å². The van der Waals surface area contributed by atoms with Gasteiger partial charge in [-0.1, -0.05) is 30.3 Å². The molecule has 0 aliphatic heterocycles. The van der Waals surface area contributed by atoms with E-state index in [0.717, 1.165) is 16.8 Å². The number of benzene rings is 2. The maximum atomic E-state index is 11.3. The predicted molar refractivity (Wildman–Crippen MR) is 96.1 cm³/mol. The van der Waals surface area contributed by atoms with E-state index in [4.69, 9.17) is 11.6 Å². The van der Waals surface area contributed by atoms with Gasteiger partial charge in [-0.25, -0.2) is 4.98 Å². The Hall–Kier alpha value is -1.66. The van der Waals surface area contributed by atoms with Crippen LogP contribution in [0.4, 0.5) is 0 Å². The van der Waals surface area contributed by atoms with Gasteiger partial charge in [0.25, 0.3) is 5.24 Å². The molecule has 22 heavy (non-hydrogen) atoms. The fourth-order valence-electron chi connectivity index (χ4n) is 2.30. The van der Waals surface area contributed by atoms with Gasteiger partial charge in [0.05, 0.1) is 18.2 Å². The zero-order valence-electron chi connectivity index (χ0n) is 11.5. The minimum absolute atomic E-state index is 0.440. The van der Waals surface area contributed by atoms with E-state index in [-0.39, 0.29) is 0 Å². The molecule has 0 aliphatic rings. The Morgan fingerprint density at radius 3 is 2.68 bits per heavy atom. The van der Waals surface area contributed by atoms with Gasteiger partial charge in [-0.2, -0.15) is 0 Å². The molecule has 0 atom stereocenters. The molecule has 0 fully saturated rings. The van der Waals surface area contributed by atoms with Gasteiger partial charge in [0.15, 0.2) is 0 Å². The molecule has 2 aromatic carbocycles. The molecule has 0 bridgehead atoms. The minimum Gasteiger partial charge on any atom is -0.326 e. The topological polar surface area (TPSA) is 34.9 Å². The standard InChI is InChI=1S/C17H12ClIN2O/c18-17(22)14-3-1-2-12(8-14)10-21-11-20-9-16(21)13-4-6-15(19)7-5-13/h1-9,11H,10H2. The summed E-state index contributed by atoms with van der Waals surface area (Å²) in [5.74, 6) is 0. The molecule has 1 aromatic heterocycles. The highest BCUT2D eigenvalue weighted by Crippen LogP contribution is 2.21. The van der Waals surface area contributed by atoms with Crippen molar-refractivity contribution in [1.82, 2.24) is 9.55 Å². The lowest BCUT2D eigenvalue weighted by atomic mass is 10.1. The fraction of sp³-hybridized carbons (Fsp3) is 0.0588. The summed E-state index contributed by atoms with van der Waals surface area (Å²) in [6, 6.07) is 15.6. The van der Waals surface area contributed by atoms with Crippen molar-refractivity contribution in [3.8, 4) is 11.3 Å².